The van der Waals surface area contributed by atoms with Crippen LogP contribution in [0.2, 0.25) is 10.3 Å². The van der Waals surface area contributed by atoms with Crippen LogP contribution in [-0.4, -0.2) is 42.4 Å². The zero-order chi connectivity index (χ0) is 27.0. The molecule has 0 aliphatic carbocycles. The fourth-order valence-corrected chi connectivity index (χ4v) is 4.83. The fourth-order valence-electron chi connectivity index (χ4n) is 4.55. The monoisotopic (exact) mass is 546 g/mol. The number of amides is 2. The highest BCUT2D eigenvalue weighted by molar-refractivity contribution is 6.30. The molecule has 2 aromatic heterocycles. The third-order valence-electron chi connectivity index (χ3n) is 6.40. The summed E-state index contributed by atoms with van der Waals surface area (Å²) in [6.07, 6.45) is 0. The van der Waals surface area contributed by atoms with Crippen molar-refractivity contribution in [2.24, 2.45) is 0 Å². The van der Waals surface area contributed by atoms with Crippen LogP contribution >= 0.6 is 23.2 Å². The van der Waals surface area contributed by atoms with Gasteiger partial charge in [-0.15, -0.1) is 0 Å². The smallest absolute Gasteiger partial charge is 0.260 e. The number of hydrogen-bond acceptors (Lipinski definition) is 6. The van der Waals surface area contributed by atoms with E-state index >= 15 is 0 Å². The molecular formula is C28H24Cl2N6O2. The molecule has 1 N–H and O–H groups in total. The van der Waals surface area contributed by atoms with Crippen LogP contribution in [0.25, 0.3) is 0 Å². The minimum atomic E-state index is -0.139. The summed E-state index contributed by atoms with van der Waals surface area (Å²) in [5.74, 6) is 1.18. The number of rotatable bonds is 1. The highest BCUT2D eigenvalue weighted by atomic mass is 35.5. The van der Waals surface area contributed by atoms with E-state index in [0.717, 1.165) is 17.1 Å². The Morgan fingerprint density at radius 2 is 1.26 bits per heavy atom. The molecule has 0 saturated heterocycles. The molecule has 0 fully saturated rings. The molecule has 6 rings (SSSR count). The first-order valence-electron chi connectivity index (χ1n) is 11.9. The summed E-state index contributed by atoms with van der Waals surface area (Å²) in [6.45, 7) is 2.53. The minimum absolute atomic E-state index is 0.0159. The quantitative estimate of drug-likeness (QED) is 0.272. The third kappa shape index (κ3) is 4.53. The Kier molecular flexibility index (Phi) is 6.93. The molecule has 2 aliphatic rings. The maximum absolute atomic E-state index is 12.7. The van der Waals surface area contributed by atoms with Crippen molar-refractivity contribution >= 4 is 69.4 Å². The number of fused-ring (bicyclic) bond motifs is 4. The highest BCUT2D eigenvalue weighted by Crippen LogP contribution is 2.39. The lowest BCUT2D eigenvalue weighted by atomic mass is 10.1. The van der Waals surface area contributed by atoms with Crippen LogP contribution < -0.4 is 20.0 Å². The minimum Gasteiger partial charge on any atom is -0.327 e. The molecule has 0 radical (unpaired) electrons. The summed E-state index contributed by atoms with van der Waals surface area (Å²) in [7, 11) is 3.76. The van der Waals surface area contributed by atoms with E-state index in [-0.39, 0.29) is 11.8 Å². The van der Waals surface area contributed by atoms with E-state index in [4.69, 9.17) is 23.2 Å². The Bertz CT molecular complexity index is 1560. The van der Waals surface area contributed by atoms with Gasteiger partial charge in [-0.3, -0.25) is 9.59 Å². The summed E-state index contributed by atoms with van der Waals surface area (Å²) in [6, 6.07) is 21.9. The number of benzene rings is 2. The van der Waals surface area contributed by atoms with Crippen molar-refractivity contribution < 1.29 is 9.59 Å². The average molecular weight is 547 g/mol. The number of para-hydroxylation sites is 2. The van der Waals surface area contributed by atoms with Crippen molar-refractivity contribution in [2.45, 2.75) is 6.92 Å². The van der Waals surface area contributed by atoms with Crippen LogP contribution in [-0.2, 0) is 0 Å². The summed E-state index contributed by atoms with van der Waals surface area (Å²) in [5, 5.41) is 3.65. The maximum Gasteiger partial charge on any atom is 0.260 e. The number of carbonyl (C=O) groups excluding carboxylic acids is 2. The van der Waals surface area contributed by atoms with Gasteiger partial charge < -0.3 is 20.0 Å². The second-order valence-electron chi connectivity index (χ2n) is 8.64. The fraction of sp³-hybridized carbons (Fsp3) is 0.143. The topological polar surface area (TPSA) is 81.7 Å². The van der Waals surface area contributed by atoms with Gasteiger partial charge in [-0.1, -0.05) is 47.5 Å². The molecule has 4 aromatic rings. The van der Waals surface area contributed by atoms with Crippen molar-refractivity contribution in [3.8, 4) is 0 Å². The largest absolute Gasteiger partial charge is 0.327 e. The molecule has 2 amide bonds. The first kappa shape index (κ1) is 25.5. The van der Waals surface area contributed by atoms with Gasteiger partial charge >= 0.3 is 0 Å². The van der Waals surface area contributed by atoms with Crippen molar-refractivity contribution in [3.05, 3.63) is 94.2 Å². The first-order chi connectivity index (χ1) is 18.3. The van der Waals surface area contributed by atoms with E-state index in [0.29, 0.717) is 45.3 Å². The van der Waals surface area contributed by atoms with Gasteiger partial charge in [-0.2, -0.15) is 0 Å². The van der Waals surface area contributed by atoms with E-state index < -0.39 is 0 Å². The maximum atomic E-state index is 12.7. The van der Waals surface area contributed by atoms with Gasteiger partial charge in [0.25, 0.3) is 11.8 Å². The lowest BCUT2D eigenvalue weighted by Crippen LogP contribution is -2.30. The van der Waals surface area contributed by atoms with Gasteiger partial charge in [0.2, 0.25) is 0 Å². The summed E-state index contributed by atoms with van der Waals surface area (Å²) in [5.41, 5.74) is 4.37. The lowest BCUT2D eigenvalue weighted by Gasteiger charge is -2.22. The van der Waals surface area contributed by atoms with E-state index in [1.54, 1.807) is 29.2 Å². The zero-order valence-corrected chi connectivity index (χ0v) is 22.5. The molecule has 0 atom stereocenters. The normalized spacial score (nSPS) is 13.7. The number of nitrogens with zero attached hydrogens (tertiary/aromatic N) is 5. The SMILES string of the molecule is CCN1C(=O)c2ccccc2N(C)c2nc(Cl)ccc21.CN1c2ccccc2C(=O)Nc2ccc(Cl)nc21. The molecule has 2 aromatic carbocycles. The van der Waals surface area contributed by atoms with Crippen molar-refractivity contribution in [3.63, 3.8) is 0 Å². The lowest BCUT2D eigenvalue weighted by molar-refractivity contribution is 0.0988. The van der Waals surface area contributed by atoms with Gasteiger partial charge in [0.05, 0.1) is 33.9 Å². The predicted molar refractivity (Wildman–Crippen MR) is 153 cm³/mol. The Labute approximate surface area is 230 Å². The molecule has 10 heteroatoms. The second kappa shape index (κ2) is 10.3. The van der Waals surface area contributed by atoms with E-state index in [9.17, 15) is 9.59 Å². The Balaban J connectivity index is 0.000000156. The van der Waals surface area contributed by atoms with Gasteiger partial charge in [0.15, 0.2) is 11.6 Å². The van der Waals surface area contributed by atoms with Gasteiger partial charge in [0, 0.05) is 20.6 Å². The highest BCUT2D eigenvalue weighted by Gasteiger charge is 2.29. The van der Waals surface area contributed by atoms with Gasteiger partial charge in [0.1, 0.15) is 10.3 Å². The van der Waals surface area contributed by atoms with Gasteiger partial charge in [-0.05, 0) is 55.5 Å². The molecule has 0 saturated carbocycles. The number of hydrogen-bond donors (Lipinski definition) is 1. The van der Waals surface area contributed by atoms with Gasteiger partial charge in [-0.25, -0.2) is 9.97 Å². The number of carbonyl (C=O) groups is 2. The number of aromatic nitrogens is 2. The first-order valence-corrected chi connectivity index (χ1v) is 12.7. The summed E-state index contributed by atoms with van der Waals surface area (Å²) < 4.78 is 0. The van der Waals surface area contributed by atoms with Crippen LogP contribution in [0.3, 0.4) is 0 Å². The Hall–Kier alpha value is -4.14. The number of nitrogens with one attached hydrogen (secondary N) is 1. The number of pyridine rings is 2. The van der Waals surface area contributed by atoms with Crippen molar-refractivity contribution in [2.75, 3.05) is 40.7 Å². The predicted octanol–water partition coefficient (Wildman–Crippen LogP) is 6.55. The van der Waals surface area contributed by atoms with Crippen LogP contribution in [0.15, 0.2) is 72.8 Å². The molecule has 4 heterocycles. The third-order valence-corrected chi connectivity index (χ3v) is 6.82. The summed E-state index contributed by atoms with van der Waals surface area (Å²) in [4.78, 5) is 38.9. The van der Waals surface area contributed by atoms with E-state index in [2.05, 4.69) is 15.3 Å². The molecule has 0 spiro atoms. The molecule has 38 heavy (non-hydrogen) atoms. The molecule has 0 bridgehead atoms. The van der Waals surface area contributed by atoms with Crippen molar-refractivity contribution in [1.82, 2.24) is 9.97 Å². The van der Waals surface area contributed by atoms with Crippen LogP contribution in [0.1, 0.15) is 27.6 Å². The van der Waals surface area contributed by atoms with Crippen LogP contribution in [0, 0.1) is 0 Å². The molecule has 2 aliphatic heterocycles. The Morgan fingerprint density at radius 3 is 1.95 bits per heavy atom. The summed E-state index contributed by atoms with van der Waals surface area (Å²) >= 11 is 11.9. The van der Waals surface area contributed by atoms with E-state index in [1.165, 1.54) is 0 Å². The second-order valence-corrected chi connectivity index (χ2v) is 9.41. The number of anilines is 6. The van der Waals surface area contributed by atoms with Crippen LogP contribution in [0.5, 0.6) is 0 Å². The molecule has 192 valence electrons. The number of halogens is 2. The van der Waals surface area contributed by atoms with E-state index in [1.807, 2.05) is 79.3 Å². The Morgan fingerprint density at radius 1 is 0.711 bits per heavy atom. The van der Waals surface area contributed by atoms with Crippen LogP contribution in [0.4, 0.5) is 34.4 Å². The standard InChI is InChI=1S/C15H14ClN3O.C13H10ClN3O/c1-3-19-12-8-9-13(16)17-14(12)18(2)11-7-5-4-6-10(11)15(19)20;1-17-10-5-3-2-4-8(10)13(18)15-9-6-7-11(14)16-12(9)17/h4-9H,3H2,1-2H3;2-7H,1H3,(H,15,18). The molecule has 8 nitrogen and oxygen atoms in total. The molecule has 0 unspecified atom stereocenters. The molecular weight excluding hydrogens is 523 g/mol. The van der Waals surface area contributed by atoms with Crippen molar-refractivity contribution in [1.29, 1.82) is 0 Å². The zero-order valence-electron chi connectivity index (χ0n) is 20.9. The average Bonchev–Trinajstić information content (AvgIpc) is 3.09.